The van der Waals surface area contributed by atoms with Crippen LogP contribution in [0.2, 0.25) is 0 Å². The lowest BCUT2D eigenvalue weighted by Gasteiger charge is -2.12. The summed E-state index contributed by atoms with van der Waals surface area (Å²) < 4.78 is 0. The van der Waals surface area contributed by atoms with E-state index in [1.807, 2.05) is 32.9 Å². The van der Waals surface area contributed by atoms with E-state index in [1.165, 1.54) is 0 Å². The fraction of sp³-hybridized carbons (Fsp3) is 0.500. The van der Waals surface area contributed by atoms with Gasteiger partial charge in [-0.3, -0.25) is 9.78 Å². The van der Waals surface area contributed by atoms with Crippen molar-refractivity contribution in [1.82, 2.24) is 4.98 Å². The zero-order valence-corrected chi connectivity index (χ0v) is 10.1. The second kappa shape index (κ2) is 5.61. The molecule has 1 aromatic rings. The summed E-state index contributed by atoms with van der Waals surface area (Å²) in [6, 6.07) is 3.29. The van der Waals surface area contributed by atoms with Crippen molar-refractivity contribution in [3.63, 3.8) is 0 Å². The SMILES string of the molecule is CCCC(N)C(=O)Nc1ccc(C)nc1C. The Labute approximate surface area is 96.3 Å². The van der Waals surface area contributed by atoms with Crippen LogP contribution in [0.15, 0.2) is 12.1 Å². The molecule has 4 heteroatoms. The molecule has 88 valence electrons. The third-order valence-electron chi connectivity index (χ3n) is 2.42. The van der Waals surface area contributed by atoms with E-state index in [4.69, 9.17) is 5.73 Å². The molecule has 0 radical (unpaired) electrons. The highest BCUT2D eigenvalue weighted by Crippen LogP contribution is 2.13. The number of hydrogen-bond acceptors (Lipinski definition) is 3. The van der Waals surface area contributed by atoms with Crippen molar-refractivity contribution in [2.75, 3.05) is 5.32 Å². The number of carbonyl (C=O) groups excluding carboxylic acids is 1. The van der Waals surface area contributed by atoms with Gasteiger partial charge >= 0.3 is 0 Å². The van der Waals surface area contributed by atoms with E-state index in [0.717, 1.165) is 23.5 Å². The van der Waals surface area contributed by atoms with Crippen LogP contribution >= 0.6 is 0 Å². The summed E-state index contributed by atoms with van der Waals surface area (Å²) in [7, 11) is 0. The van der Waals surface area contributed by atoms with Crippen molar-refractivity contribution >= 4 is 11.6 Å². The van der Waals surface area contributed by atoms with Crippen molar-refractivity contribution in [2.45, 2.75) is 39.7 Å². The van der Waals surface area contributed by atoms with Gasteiger partial charge in [-0.2, -0.15) is 0 Å². The number of hydrogen-bond donors (Lipinski definition) is 2. The molecular formula is C12H19N3O. The smallest absolute Gasteiger partial charge is 0.241 e. The zero-order valence-electron chi connectivity index (χ0n) is 10.1. The van der Waals surface area contributed by atoms with Crippen LogP contribution in [0.5, 0.6) is 0 Å². The number of aryl methyl sites for hydroxylation is 2. The van der Waals surface area contributed by atoms with Gasteiger partial charge in [0, 0.05) is 5.69 Å². The maximum absolute atomic E-state index is 11.7. The van der Waals surface area contributed by atoms with E-state index in [2.05, 4.69) is 10.3 Å². The fourth-order valence-corrected chi connectivity index (χ4v) is 1.49. The van der Waals surface area contributed by atoms with Gasteiger partial charge in [-0.25, -0.2) is 0 Å². The number of pyridine rings is 1. The summed E-state index contributed by atoms with van der Waals surface area (Å²) in [5.41, 5.74) is 8.22. The van der Waals surface area contributed by atoms with E-state index in [9.17, 15) is 4.79 Å². The summed E-state index contributed by atoms with van der Waals surface area (Å²) in [6.45, 7) is 5.79. The van der Waals surface area contributed by atoms with Crippen molar-refractivity contribution in [1.29, 1.82) is 0 Å². The molecule has 0 saturated heterocycles. The molecule has 0 aliphatic carbocycles. The van der Waals surface area contributed by atoms with Crippen LogP contribution in [0.3, 0.4) is 0 Å². The molecule has 1 atom stereocenters. The van der Waals surface area contributed by atoms with Crippen molar-refractivity contribution in [2.24, 2.45) is 5.73 Å². The van der Waals surface area contributed by atoms with Gasteiger partial charge in [0.25, 0.3) is 0 Å². The van der Waals surface area contributed by atoms with E-state index in [1.54, 1.807) is 0 Å². The predicted molar refractivity (Wildman–Crippen MR) is 65.2 cm³/mol. The zero-order chi connectivity index (χ0) is 12.1. The van der Waals surface area contributed by atoms with Gasteiger partial charge in [0.1, 0.15) is 0 Å². The summed E-state index contributed by atoms with van der Waals surface area (Å²) in [6.07, 6.45) is 1.60. The molecule has 1 rings (SSSR count). The number of nitrogens with one attached hydrogen (secondary N) is 1. The Balaban J connectivity index is 2.69. The molecule has 0 aliphatic heterocycles. The average molecular weight is 221 g/mol. The second-order valence-electron chi connectivity index (χ2n) is 3.97. The molecule has 0 aromatic carbocycles. The van der Waals surface area contributed by atoms with Gasteiger partial charge in [-0.15, -0.1) is 0 Å². The van der Waals surface area contributed by atoms with Gasteiger partial charge in [0.2, 0.25) is 5.91 Å². The molecule has 1 amide bonds. The molecule has 3 N–H and O–H groups in total. The molecule has 0 saturated carbocycles. The molecule has 16 heavy (non-hydrogen) atoms. The van der Waals surface area contributed by atoms with Crippen molar-refractivity contribution in [3.8, 4) is 0 Å². The number of amides is 1. The summed E-state index contributed by atoms with van der Waals surface area (Å²) >= 11 is 0. The van der Waals surface area contributed by atoms with E-state index in [0.29, 0.717) is 6.42 Å². The topological polar surface area (TPSA) is 68.0 Å². The third kappa shape index (κ3) is 3.31. The van der Waals surface area contributed by atoms with Crippen LogP contribution in [0.25, 0.3) is 0 Å². The summed E-state index contributed by atoms with van der Waals surface area (Å²) in [4.78, 5) is 16.0. The lowest BCUT2D eigenvalue weighted by molar-refractivity contribution is -0.117. The molecule has 0 fully saturated rings. The van der Waals surface area contributed by atoms with E-state index >= 15 is 0 Å². The molecule has 1 aromatic heterocycles. The highest BCUT2D eigenvalue weighted by atomic mass is 16.2. The first kappa shape index (κ1) is 12.6. The lowest BCUT2D eigenvalue weighted by atomic mass is 10.1. The average Bonchev–Trinajstić information content (AvgIpc) is 2.22. The quantitative estimate of drug-likeness (QED) is 0.814. The number of rotatable bonds is 4. The first-order chi connectivity index (χ1) is 7.54. The molecule has 4 nitrogen and oxygen atoms in total. The normalized spacial score (nSPS) is 12.2. The monoisotopic (exact) mass is 221 g/mol. The minimum Gasteiger partial charge on any atom is -0.323 e. The van der Waals surface area contributed by atoms with Crippen LogP contribution in [-0.2, 0) is 4.79 Å². The van der Waals surface area contributed by atoms with Crippen LogP contribution in [0.1, 0.15) is 31.2 Å². The first-order valence-corrected chi connectivity index (χ1v) is 5.55. The highest BCUT2D eigenvalue weighted by Gasteiger charge is 2.13. The Hall–Kier alpha value is -1.42. The van der Waals surface area contributed by atoms with Crippen molar-refractivity contribution in [3.05, 3.63) is 23.5 Å². The Kier molecular flexibility index (Phi) is 4.43. The molecular weight excluding hydrogens is 202 g/mol. The fourth-order valence-electron chi connectivity index (χ4n) is 1.49. The molecule has 1 heterocycles. The van der Waals surface area contributed by atoms with Crippen LogP contribution in [-0.4, -0.2) is 16.9 Å². The summed E-state index contributed by atoms with van der Waals surface area (Å²) in [5, 5.41) is 2.80. The Morgan fingerprint density at radius 2 is 2.19 bits per heavy atom. The first-order valence-electron chi connectivity index (χ1n) is 5.55. The second-order valence-corrected chi connectivity index (χ2v) is 3.97. The maximum Gasteiger partial charge on any atom is 0.241 e. The number of anilines is 1. The minimum atomic E-state index is -0.439. The van der Waals surface area contributed by atoms with Gasteiger partial charge in [-0.1, -0.05) is 13.3 Å². The van der Waals surface area contributed by atoms with Gasteiger partial charge in [-0.05, 0) is 32.4 Å². The standard InChI is InChI=1S/C12H19N3O/c1-4-5-10(13)12(16)15-11-7-6-8(2)14-9(11)3/h6-7,10H,4-5,13H2,1-3H3,(H,15,16). The Morgan fingerprint density at radius 1 is 1.50 bits per heavy atom. The predicted octanol–water partition coefficient (Wildman–Crippen LogP) is 1.76. The van der Waals surface area contributed by atoms with E-state index in [-0.39, 0.29) is 5.91 Å². The number of nitrogens with two attached hydrogens (primary N) is 1. The summed E-state index contributed by atoms with van der Waals surface area (Å²) in [5.74, 6) is -0.143. The van der Waals surface area contributed by atoms with E-state index < -0.39 is 6.04 Å². The third-order valence-corrected chi connectivity index (χ3v) is 2.42. The molecule has 0 spiro atoms. The van der Waals surface area contributed by atoms with Gasteiger partial charge in [0.05, 0.1) is 17.4 Å². The van der Waals surface area contributed by atoms with Gasteiger partial charge < -0.3 is 11.1 Å². The molecule has 0 bridgehead atoms. The maximum atomic E-state index is 11.7. The largest absolute Gasteiger partial charge is 0.323 e. The minimum absolute atomic E-state index is 0.143. The number of carbonyl (C=O) groups is 1. The van der Waals surface area contributed by atoms with Crippen LogP contribution in [0, 0.1) is 13.8 Å². The lowest BCUT2D eigenvalue weighted by Crippen LogP contribution is -2.35. The number of aromatic nitrogens is 1. The Morgan fingerprint density at radius 3 is 2.75 bits per heavy atom. The molecule has 0 aliphatic rings. The Bertz CT molecular complexity index is 377. The molecule has 1 unspecified atom stereocenters. The highest BCUT2D eigenvalue weighted by molar-refractivity contribution is 5.95. The van der Waals surface area contributed by atoms with Crippen LogP contribution < -0.4 is 11.1 Å². The van der Waals surface area contributed by atoms with Crippen LogP contribution in [0.4, 0.5) is 5.69 Å². The van der Waals surface area contributed by atoms with Gasteiger partial charge in [0.15, 0.2) is 0 Å². The van der Waals surface area contributed by atoms with Crippen molar-refractivity contribution < 1.29 is 4.79 Å². The number of nitrogens with zero attached hydrogens (tertiary/aromatic N) is 1.